The zero-order valence-corrected chi connectivity index (χ0v) is 7.69. The molecule has 1 nitrogen and oxygen atoms in total. The fraction of sp³-hybridized carbons (Fsp3) is 1.00. The summed E-state index contributed by atoms with van der Waals surface area (Å²) in [5.41, 5.74) is 0. The van der Waals surface area contributed by atoms with E-state index in [1.165, 1.54) is 0 Å². The molecule has 0 aromatic rings. The molecule has 0 aromatic heterocycles. The number of aliphatic hydroxyl groups excluding tert-OH is 1. The second-order valence-corrected chi connectivity index (χ2v) is 3.59. The van der Waals surface area contributed by atoms with E-state index >= 15 is 0 Å². The lowest BCUT2D eigenvalue weighted by Crippen LogP contribution is -2.27. The third-order valence-corrected chi connectivity index (χ3v) is 0.964. The van der Waals surface area contributed by atoms with Gasteiger partial charge in [-0.1, -0.05) is 34.8 Å². The summed E-state index contributed by atoms with van der Waals surface area (Å²) in [6, 6.07) is 0. The highest BCUT2D eigenvalue weighted by Gasteiger charge is 2.51. The van der Waals surface area contributed by atoms with Crippen molar-refractivity contribution < 1.29 is 18.3 Å². The molecule has 0 aliphatic heterocycles. The predicted molar refractivity (Wildman–Crippen MR) is 39.1 cm³/mol. The van der Waals surface area contributed by atoms with Gasteiger partial charge in [0.15, 0.2) is 0 Å². The van der Waals surface area contributed by atoms with E-state index in [2.05, 4.69) is 34.8 Å². The van der Waals surface area contributed by atoms with Crippen LogP contribution in [0.1, 0.15) is 6.92 Å². The predicted octanol–water partition coefficient (Wildman–Crippen LogP) is 2.92. The van der Waals surface area contributed by atoms with E-state index in [9.17, 15) is 13.2 Å². The fourth-order valence-electron chi connectivity index (χ4n) is 0. The van der Waals surface area contributed by atoms with Gasteiger partial charge in [0.05, 0.1) is 0 Å². The molecule has 0 amide bonds. The van der Waals surface area contributed by atoms with Gasteiger partial charge in [0, 0.05) is 6.61 Å². The van der Waals surface area contributed by atoms with Crippen LogP contribution in [0, 0.1) is 0 Å². The molecule has 1 N–H and O–H groups in total. The first-order valence-corrected chi connectivity index (χ1v) is 3.54. The van der Waals surface area contributed by atoms with E-state index in [0.717, 1.165) is 0 Å². The summed E-state index contributed by atoms with van der Waals surface area (Å²) in [4.78, 5) is 0. The first-order valence-electron chi connectivity index (χ1n) is 2.41. The zero-order chi connectivity index (χ0) is 9.71. The Morgan fingerprint density at radius 1 is 1.18 bits per heavy atom. The summed E-state index contributed by atoms with van der Waals surface area (Å²) < 4.78 is 30.4. The Hall–Kier alpha value is 0.620. The molecule has 0 spiro atoms. The van der Waals surface area contributed by atoms with E-state index < -0.39 is 9.97 Å². The van der Waals surface area contributed by atoms with Crippen molar-refractivity contribution in [2.45, 2.75) is 16.9 Å². The number of aliphatic hydroxyl groups is 1. The van der Waals surface area contributed by atoms with Crippen LogP contribution < -0.4 is 0 Å². The van der Waals surface area contributed by atoms with Crippen LogP contribution in [-0.2, 0) is 0 Å². The Morgan fingerprint density at radius 3 is 1.27 bits per heavy atom. The fourth-order valence-corrected chi connectivity index (χ4v) is 0. The molecule has 0 bridgehead atoms. The van der Waals surface area contributed by atoms with E-state index in [-0.39, 0.29) is 6.61 Å². The van der Waals surface area contributed by atoms with Crippen molar-refractivity contribution in [1.29, 1.82) is 0 Å². The molecule has 0 aliphatic rings. The molecule has 0 atom stereocenters. The molecule has 0 aromatic carbocycles. The third kappa shape index (κ3) is 8.53. The number of rotatable bonds is 0. The van der Waals surface area contributed by atoms with Crippen molar-refractivity contribution >= 4 is 34.8 Å². The second kappa shape index (κ2) is 5.30. The highest BCUT2D eigenvalue weighted by atomic mass is 35.6. The van der Waals surface area contributed by atoms with Gasteiger partial charge in [-0.25, -0.2) is 0 Å². The first-order chi connectivity index (χ1) is 4.66. The lowest BCUT2D eigenvalue weighted by atomic mass is 10.8. The minimum atomic E-state index is -4.77. The van der Waals surface area contributed by atoms with Crippen LogP contribution in [-0.4, -0.2) is 21.7 Å². The van der Waals surface area contributed by atoms with Gasteiger partial charge in [-0.3, -0.25) is 0 Å². The van der Waals surface area contributed by atoms with Crippen molar-refractivity contribution in [1.82, 2.24) is 0 Å². The Kier molecular flexibility index (Phi) is 6.82. The highest BCUT2D eigenvalue weighted by Crippen LogP contribution is 2.42. The van der Waals surface area contributed by atoms with Crippen molar-refractivity contribution in [2.24, 2.45) is 0 Å². The average molecular weight is 233 g/mol. The Morgan fingerprint density at radius 2 is 1.27 bits per heavy atom. The van der Waals surface area contributed by atoms with Crippen LogP contribution in [0.3, 0.4) is 0 Å². The highest BCUT2D eigenvalue weighted by molar-refractivity contribution is 6.68. The Bertz CT molecular complexity index is 85.7. The monoisotopic (exact) mass is 232 g/mol. The largest absolute Gasteiger partial charge is 0.435 e. The molecule has 7 heteroatoms. The maximum atomic E-state index is 11.2. The molecule has 0 heterocycles. The lowest BCUT2D eigenvalue weighted by molar-refractivity contribution is -0.124. The van der Waals surface area contributed by atoms with Crippen molar-refractivity contribution in [3.05, 3.63) is 0 Å². The Labute approximate surface area is 77.0 Å². The van der Waals surface area contributed by atoms with Gasteiger partial charge in [-0.15, -0.1) is 0 Å². The number of hydrogen-bond donors (Lipinski definition) is 1. The van der Waals surface area contributed by atoms with Crippen LogP contribution in [0.5, 0.6) is 0 Å². The van der Waals surface area contributed by atoms with Gasteiger partial charge >= 0.3 is 6.18 Å². The maximum absolute atomic E-state index is 11.2. The van der Waals surface area contributed by atoms with Crippen molar-refractivity contribution in [3.8, 4) is 0 Å². The van der Waals surface area contributed by atoms with Gasteiger partial charge in [0.25, 0.3) is 3.79 Å². The number of hydrogen-bond acceptors (Lipinski definition) is 1. The maximum Gasteiger partial charge on any atom is 0.435 e. The molecular weight excluding hydrogens is 227 g/mol. The molecule has 0 aliphatic carbocycles. The van der Waals surface area contributed by atoms with E-state index in [1.54, 1.807) is 6.92 Å². The van der Waals surface area contributed by atoms with Gasteiger partial charge in [-0.2, -0.15) is 13.2 Å². The summed E-state index contributed by atoms with van der Waals surface area (Å²) in [5.74, 6) is 0. The molecule has 0 radical (unpaired) electrons. The van der Waals surface area contributed by atoms with Crippen LogP contribution in [0.4, 0.5) is 13.2 Å². The van der Waals surface area contributed by atoms with E-state index in [0.29, 0.717) is 0 Å². The summed E-state index contributed by atoms with van der Waals surface area (Å²) in [5, 5.41) is 7.57. The standard InChI is InChI=1S/C2Cl3F3.C2H6O/c3-1(4,5)2(6,7)8;1-2-3/h;3H,2H2,1H3. The zero-order valence-electron chi connectivity index (χ0n) is 5.42. The van der Waals surface area contributed by atoms with Crippen molar-refractivity contribution in [3.63, 3.8) is 0 Å². The minimum Gasteiger partial charge on any atom is -0.397 e. The topological polar surface area (TPSA) is 20.2 Å². The lowest BCUT2D eigenvalue weighted by Gasteiger charge is -2.13. The van der Waals surface area contributed by atoms with Crippen LogP contribution in [0.25, 0.3) is 0 Å². The van der Waals surface area contributed by atoms with Crippen molar-refractivity contribution in [2.75, 3.05) is 6.61 Å². The van der Waals surface area contributed by atoms with Gasteiger partial charge in [-0.05, 0) is 6.92 Å². The van der Waals surface area contributed by atoms with Crippen LogP contribution >= 0.6 is 34.8 Å². The molecule has 0 unspecified atom stereocenters. The van der Waals surface area contributed by atoms with Crippen LogP contribution in [0.2, 0.25) is 0 Å². The first kappa shape index (κ1) is 14.2. The number of halogens is 6. The minimum absolute atomic E-state index is 0.250. The smallest absolute Gasteiger partial charge is 0.397 e. The number of alkyl halides is 6. The molecule has 70 valence electrons. The Balaban J connectivity index is 0. The van der Waals surface area contributed by atoms with E-state index in [1.807, 2.05) is 0 Å². The van der Waals surface area contributed by atoms with Gasteiger partial charge in [0.2, 0.25) is 0 Å². The summed E-state index contributed by atoms with van der Waals surface area (Å²) in [7, 11) is 0. The van der Waals surface area contributed by atoms with Gasteiger partial charge in [0.1, 0.15) is 0 Å². The summed E-state index contributed by atoms with van der Waals surface area (Å²) in [6.07, 6.45) is -4.77. The molecule has 0 rings (SSSR count). The summed E-state index contributed by atoms with van der Waals surface area (Å²) >= 11 is 13.2. The molecule has 11 heavy (non-hydrogen) atoms. The van der Waals surface area contributed by atoms with Gasteiger partial charge < -0.3 is 5.11 Å². The SMILES string of the molecule is CCO.FC(F)(F)C(Cl)(Cl)Cl. The third-order valence-electron chi connectivity index (χ3n) is 0.321. The molecule has 0 fully saturated rings. The van der Waals surface area contributed by atoms with E-state index in [4.69, 9.17) is 5.11 Å². The molecular formula is C4H6Cl3F3O. The van der Waals surface area contributed by atoms with Crippen LogP contribution in [0.15, 0.2) is 0 Å². The molecule has 0 saturated carbocycles. The average Bonchev–Trinajstić information content (AvgIpc) is 1.60. The quantitative estimate of drug-likeness (QED) is 0.638. The second-order valence-electron chi connectivity index (χ2n) is 1.31. The summed E-state index contributed by atoms with van der Waals surface area (Å²) in [6.45, 7) is 1.93. The normalized spacial score (nSPS) is 12.0. The molecule has 0 saturated heterocycles.